The number of anilines is 1. The van der Waals surface area contributed by atoms with Gasteiger partial charge in [-0.1, -0.05) is 24.3 Å². The van der Waals surface area contributed by atoms with Crippen LogP contribution in [0.4, 0.5) is 5.69 Å². The molecule has 5 rings (SSSR count). The van der Waals surface area contributed by atoms with Gasteiger partial charge in [-0.25, -0.2) is 0 Å². The number of carbonyl (C=O) groups is 2. The fourth-order valence-corrected chi connectivity index (χ4v) is 5.22. The lowest BCUT2D eigenvalue weighted by atomic mass is 9.83. The van der Waals surface area contributed by atoms with E-state index >= 15 is 0 Å². The fourth-order valence-electron chi connectivity index (χ4n) is 5.22. The van der Waals surface area contributed by atoms with Crippen molar-refractivity contribution in [2.45, 2.75) is 25.8 Å². The summed E-state index contributed by atoms with van der Waals surface area (Å²) in [5, 5.41) is 0.361. The molecule has 0 aliphatic carbocycles. The average Bonchev–Trinajstić information content (AvgIpc) is 3.21. The number of nitrogens with zero attached hydrogens (tertiary/aromatic N) is 2. The van der Waals surface area contributed by atoms with Gasteiger partial charge in [0, 0.05) is 32.4 Å². The molecule has 0 bridgehead atoms. The van der Waals surface area contributed by atoms with E-state index in [-0.39, 0.29) is 35.7 Å². The Morgan fingerprint density at radius 3 is 2.59 bits per heavy atom. The van der Waals surface area contributed by atoms with Crippen LogP contribution in [0.1, 0.15) is 39.2 Å². The zero-order valence-electron chi connectivity index (χ0n) is 19.5. The summed E-state index contributed by atoms with van der Waals surface area (Å²) >= 11 is 0. The third-order valence-electron chi connectivity index (χ3n) is 6.89. The summed E-state index contributed by atoms with van der Waals surface area (Å²) in [5.41, 5.74) is 1.63. The summed E-state index contributed by atoms with van der Waals surface area (Å²) in [6.45, 7) is 8.52. The van der Waals surface area contributed by atoms with E-state index in [2.05, 4.69) is 6.58 Å². The first-order chi connectivity index (χ1) is 16.4. The number of aryl methyl sites for hydroxylation is 2. The largest absolute Gasteiger partial charge is 0.450 e. The number of fused-ring (bicyclic) bond motifs is 5. The van der Waals surface area contributed by atoms with Crippen LogP contribution in [0.15, 0.2) is 58.3 Å². The summed E-state index contributed by atoms with van der Waals surface area (Å²) in [4.78, 5) is 45.1. The van der Waals surface area contributed by atoms with Gasteiger partial charge < -0.3 is 19.0 Å². The van der Waals surface area contributed by atoms with Crippen LogP contribution in [0.25, 0.3) is 11.0 Å². The Morgan fingerprint density at radius 1 is 1.12 bits per heavy atom. The molecule has 2 amide bonds. The molecule has 3 heterocycles. The third-order valence-corrected chi connectivity index (χ3v) is 6.89. The van der Waals surface area contributed by atoms with E-state index in [1.54, 1.807) is 30.2 Å². The number of hydrogen-bond donors (Lipinski definition) is 0. The van der Waals surface area contributed by atoms with Gasteiger partial charge in [0.1, 0.15) is 5.58 Å². The number of carbonyl (C=O) groups excluding carboxylic acids is 2. The predicted molar refractivity (Wildman–Crippen MR) is 129 cm³/mol. The van der Waals surface area contributed by atoms with Crippen molar-refractivity contribution >= 4 is 28.5 Å². The highest BCUT2D eigenvalue weighted by Gasteiger charge is 2.64. The van der Waals surface area contributed by atoms with Gasteiger partial charge in [0.25, 0.3) is 11.8 Å². The molecular weight excluding hydrogens is 432 g/mol. The molecule has 0 saturated carbocycles. The zero-order valence-corrected chi connectivity index (χ0v) is 19.5. The Labute approximate surface area is 197 Å². The van der Waals surface area contributed by atoms with Crippen molar-refractivity contribution in [3.05, 3.63) is 87.3 Å². The molecular formula is C27H26N2O5. The van der Waals surface area contributed by atoms with Gasteiger partial charge in [0.2, 0.25) is 5.76 Å². The Bertz CT molecular complexity index is 1420. The number of amides is 2. The minimum absolute atomic E-state index is 0.0678. The number of hydrogen-bond acceptors (Lipinski definition) is 5. The van der Waals surface area contributed by atoms with Crippen LogP contribution in [0.5, 0.6) is 0 Å². The van der Waals surface area contributed by atoms with E-state index in [1.807, 2.05) is 38.1 Å². The van der Waals surface area contributed by atoms with E-state index in [0.29, 0.717) is 35.2 Å². The number of rotatable bonds is 6. The predicted octanol–water partition coefficient (Wildman–Crippen LogP) is 3.68. The summed E-state index contributed by atoms with van der Waals surface area (Å²) in [7, 11) is 1.58. The quantitative estimate of drug-likeness (QED) is 0.416. The SMILES string of the molecule is C=CCN1C(=O)[C@]2(c3ccccc31)c1c(oc3cc(C)c(C)cc3c1=O)C(=O)N2CCCOC. The maximum atomic E-state index is 14.2. The lowest BCUT2D eigenvalue weighted by Crippen LogP contribution is -2.53. The lowest BCUT2D eigenvalue weighted by Gasteiger charge is -2.34. The summed E-state index contributed by atoms with van der Waals surface area (Å²) in [6.07, 6.45) is 2.14. The van der Waals surface area contributed by atoms with Crippen molar-refractivity contribution in [3.8, 4) is 0 Å². The maximum Gasteiger partial charge on any atom is 0.291 e. The minimum atomic E-state index is -1.59. The second kappa shape index (κ2) is 7.95. The first kappa shape index (κ1) is 22.1. The Hall–Kier alpha value is -3.71. The third kappa shape index (κ3) is 2.77. The summed E-state index contributed by atoms with van der Waals surface area (Å²) in [5.74, 6) is -0.887. The van der Waals surface area contributed by atoms with E-state index in [4.69, 9.17) is 9.15 Å². The molecule has 1 spiro atoms. The lowest BCUT2D eigenvalue weighted by molar-refractivity contribution is -0.126. The molecule has 0 radical (unpaired) electrons. The number of methoxy groups -OCH3 is 1. The van der Waals surface area contributed by atoms with E-state index in [9.17, 15) is 14.4 Å². The molecule has 3 aromatic rings. The van der Waals surface area contributed by atoms with Crippen molar-refractivity contribution in [1.82, 2.24) is 4.90 Å². The number of ether oxygens (including phenoxy) is 1. The van der Waals surface area contributed by atoms with Gasteiger partial charge in [0.15, 0.2) is 11.0 Å². The van der Waals surface area contributed by atoms with Gasteiger partial charge in [-0.05, 0) is 49.6 Å². The Morgan fingerprint density at radius 2 is 1.85 bits per heavy atom. The minimum Gasteiger partial charge on any atom is -0.450 e. The van der Waals surface area contributed by atoms with Crippen LogP contribution in [0, 0.1) is 13.8 Å². The van der Waals surface area contributed by atoms with Gasteiger partial charge in [-0.3, -0.25) is 14.4 Å². The topological polar surface area (TPSA) is 80.1 Å². The molecule has 2 aromatic carbocycles. The highest BCUT2D eigenvalue weighted by molar-refractivity contribution is 6.17. The van der Waals surface area contributed by atoms with E-state index in [0.717, 1.165) is 11.1 Å². The molecule has 1 atom stereocenters. The summed E-state index contributed by atoms with van der Waals surface area (Å²) in [6, 6.07) is 10.8. The van der Waals surface area contributed by atoms with Crippen molar-refractivity contribution in [2.24, 2.45) is 0 Å². The molecule has 0 unspecified atom stereocenters. The van der Waals surface area contributed by atoms with Gasteiger partial charge in [-0.2, -0.15) is 0 Å². The van der Waals surface area contributed by atoms with Crippen molar-refractivity contribution in [1.29, 1.82) is 0 Å². The van der Waals surface area contributed by atoms with E-state index < -0.39 is 11.4 Å². The molecule has 0 N–H and O–H groups in total. The van der Waals surface area contributed by atoms with Crippen molar-refractivity contribution < 1.29 is 18.7 Å². The summed E-state index contributed by atoms with van der Waals surface area (Å²) < 4.78 is 11.3. The van der Waals surface area contributed by atoms with Gasteiger partial charge in [0.05, 0.1) is 16.6 Å². The van der Waals surface area contributed by atoms with E-state index in [1.165, 1.54) is 4.90 Å². The van der Waals surface area contributed by atoms with Crippen LogP contribution in [0.2, 0.25) is 0 Å². The highest BCUT2D eigenvalue weighted by atomic mass is 16.5. The second-order valence-corrected chi connectivity index (χ2v) is 8.80. The second-order valence-electron chi connectivity index (χ2n) is 8.80. The number of para-hydroxylation sites is 1. The van der Waals surface area contributed by atoms with Crippen LogP contribution in [-0.2, 0) is 15.1 Å². The smallest absolute Gasteiger partial charge is 0.291 e. The molecule has 2 aliphatic rings. The molecule has 1 aromatic heterocycles. The van der Waals surface area contributed by atoms with Gasteiger partial charge in [-0.15, -0.1) is 6.58 Å². The maximum absolute atomic E-state index is 14.2. The van der Waals surface area contributed by atoms with Crippen LogP contribution >= 0.6 is 0 Å². The van der Waals surface area contributed by atoms with Gasteiger partial charge >= 0.3 is 0 Å². The highest BCUT2D eigenvalue weighted by Crippen LogP contribution is 2.52. The monoisotopic (exact) mass is 458 g/mol. The number of benzene rings is 2. The molecule has 7 heteroatoms. The first-order valence-corrected chi connectivity index (χ1v) is 11.3. The fraction of sp³-hybridized carbons (Fsp3) is 0.296. The van der Waals surface area contributed by atoms with Crippen LogP contribution in [-0.4, -0.2) is 43.5 Å². The first-order valence-electron chi connectivity index (χ1n) is 11.3. The molecule has 0 fully saturated rings. The normalized spacial score (nSPS) is 18.8. The Balaban J connectivity index is 1.87. The average molecular weight is 459 g/mol. The molecule has 7 nitrogen and oxygen atoms in total. The Kier molecular flexibility index (Phi) is 5.17. The molecule has 0 saturated heterocycles. The van der Waals surface area contributed by atoms with Crippen molar-refractivity contribution in [2.75, 3.05) is 31.7 Å². The molecule has 2 aliphatic heterocycles. The standard InChI is InChI=1S/C27H26N2O5/c1-5-11-28-20-10-7-6-9-19(20)27(26(28)32)22-23(30)18-14-16(2)17(3)15-21(18)34-24(22)25(31)29(27)12-8-13-33-4/h5-7,9-10,14-15H,1,8,11-13H2,2-4H3/t27-/m0/s1. The van der Waals surface area contributed by atoms with Crippen LogP contribution in [0.3, 0.4) is 0 Å². The molecule has 174 valence electrons. The zero-order chi connectivity index (χ0) is 24.2. The van der Waals surface area contributed by atoms with Crippen molar-refractivity contribution in [3.63, 3.8) is 0 Å². The molecule has 34 heavy (non-hydrogen) atoms. The van der Waals surface area contributed by atoms with Crippen LogP contribution < -0.4 is 10.3 Å².